The molecule has 16 heavy (non-hydrogen) atoms. The van der Waals surface area contributed by atoms with Crippen LogP contribution in [0, 0.1) is 17.3 Å². The van der Waals surface area contributed by atoms with Crippen LogP contribution in [0.25, 0.3) is 0 Å². The van der Waals surface area contributed by atoms with E-state index in [1.807, 2.05) is 6.92 Å². The Bertz CT molecular complexity index is 297. The third kappa shape index (κ3) is 3.33. The monoisotopic (exact) mass is 220 g/mol. The minimum absolute atomic E-state index is 0.398. The molecule has 0 spiro atoms. The topological polar surface area (TPSA) is 17.1 Å². The molecule has 0 aliphatic heterocycles. The number of hydrogen-bond donors (Lipinski definition) is 0. The van der Waals surface area contributed by atoms with Crippen molar-refractivity contribution in [1.82, 2.24) is 0 Å². The van der Waals surface area contributed by atoms with E-state index in [1.165, 1.54) is 19.3 Å². The molecule has 1 aliphatic rings. The van der Waals surface area contributed by atoms with Crippen LogP contribution in [0.5, 0.6) is 0 Å². The van der Waals surface area contributed by atoms with Crippen LogP contribution in [-0.2, 0) is 4.79 Å². The first-order valence-corrected chi connectivity index (χ1v) is 6.27. The summed E-state index contributed by atoms with van der Waals surface area (Å²) in [6.07, 6.45) is 10.9. The molecule has 1 saturated carbocycles. The summed E-state index contributed by atoms with van der Waals surface area (Å²) in [6.45, 7) is 9.03. The highest BCUT2D eigenvalue weighted by Crippen LogP contribution is 2.44. The molecule has 1 rings (SSSR count). The van der Waals surface area contributed by atoms with Crippen molar-refractivity contribution in [2.24, 2.45) is 17.3 Å². The number of carbonyl (C=O) groups is 1. The van der Waals surface area contributed by atoms with Gasteiger partial charge in [0.1, 0.15) is 6.29 Å². The lowest BCUT2D eigenvalue weighted by atomic mass is 9.64. The average Bonchev–Trinajstić information content (AvgIpc) is 2.16. The molecule has 0 N–H and O–H groups in total. The maximum atomic E-state index is 10.3. The standard InChI is InChI=1S/C15H24O/c1-12(9-11-16)7-8-14-13(2)6-5-10-15(14,3)4/h7-9,11,13-14H,5-6,10H2,1-4H3/b8-7+,12-9+/t13-,14-/m0/s1. The third-order valence-corrected chi connectivity index (χ3v) is 3.89. The number of carbonyl (C=O) groups excluding carboxylic acids is 1. The fourth-order valence-corrected chi connectivity index (χ4v) is 2.86. The molecule has 0 aromatic carbocycles. The zero-order valence-corrected chi connectivity index (χ0v) is 11.0. The largest absolute Gasteiger partial charge is 0.299 e. The van der Waals surface area contributed by atoms with Gasteiger partial charge in [0.05, 0.1) is 0 Å². The van der Waals surface area contributed by atoms with E-state index in [0.717, 1.165) is 17.8 Å². The van der Waals surface area contributed by atoms with Crippen molar-refractivity contribution in [3.63, 3.8) is 0 Å². The Labute approximate surface area is 99.6 Å². The first-order chi connectivity index (χ1) is 7.47. The SMILES string of the molecule is CC(/C=C/[C@H]1[C@@H](C)CCCC1(C)C)=C\C=O. The molecule has 1 nitrogen and oxygen atoms in total. The van der Waals surface area contributed by atoms with Gasteiger partial charge in [0.25, 0.3) is 0 Å². The molecule has 0 amide bonds. The van der Waals surface area contributed by atoms with E-state index in [9.17, 15) is 4.79 Å². The number of hydrogen-bond acceptors (Lipinski definition) is 1. The van der Waals surface area contributed by atoms with Crippen molar-refractivity contribution in [3.8, 4) is 0 Å². The zero-order valence-electron chi connectivity index (χ0n) is 11.0. The fourth-order valence-electron chi connectivity index (χ4n) is 2.86. The van der Waals surface area contributed by atoms with Gasteiger partial charge in [-0.15, -0.1) is 0 Å². The lowest BCUT2D eigenvalue weighted by Gasteiger charge is -2.41. The summed E-state index contributed by atoms with van der Waals surface area (Å²) in [7, 11) is 0. The van der Waals surface area contributed by atoms with E-state index in [1.54, 1.807) is 6.08 Å². The first kappa shape index (κ1) is 13.2. The molecular formula is C15H24O. The summed E-state index contributed by atoms with van der Waals surface area (Å²) >= 11 is 0. The van der Waals surface area contributed by atoms with Crippen molar-refractivity contribution in [3.05, 3.63) is 23.8 Å². The molecule has 0 radical (unpaired) electrons. The van der Waals surface area contributed by atoms with Gasteiger partial charge < -0.3 is 0 Å². The fraction of sp³-hybridized carbons (Fsp3) is 0.667. The third-order valence-electron chi connectivity index (χ3n) is 3.89. The summed E-state index contributed by atoms with van der Waals surface area (Å²) in [5.41, 5.74) is 1.44. The Morgan fingerprint density at radius 2 is 2.06 bits per heavy atom. The molecule has 0 unspecified atom stereocenters. The smallest absolute Gasteiger partial charge is 0.143 e. The average molecular weight is 220 g/mol. The zero-order chi connectivity index (χ0) is 12.2. The van der Waals surface area contributed by atoms with Gasteiger partial charge in [-0.25, -0.2) is 0 Å². The number of allylic oxidation sites excluding steroid dienone is 4. The van der Waals surface area contributed by atoms with E-state index in [4.69, 9.17) is 0 Å². The Hall–Kier alpha value is -0.850. The van der Waals surface area contributed by atoms with Gasteiger partial charge >= 0.3 is 0 Å². The van der Waals surface area contributed by atoms with Crippen LogP contribution >= 0.6 is 0 Å². The molecule has 0 saturated heterocycles. The van der Waals surface area contributed by atoms with Crippen LogP contribution in [0.15, 0.2) is 23.8 Å². The minimum Gasteiger partial charge on any atom is -0.299 e. The Balaban J connectivity index is 2.76. The van der Waals surface area contributed by atoms with Gasteiger partial charge in [0, 0.05) is 0 Å². The highest BCUT2D eigenvalue weighted by Gasteiger charge is 2.34. The van der Waals surface area contributed by atoms with Gasteiger partial charge in [-0.3, -0.25) is 4.79 Å². The number of aldehydes is 1. The summed E-state index contributed by atoms with van der Waals surface area (Å²) in [5.74, 6) is 1.39. The van der Waals surface area contributed by atoms with E-state index in [0.29, 0.717) is 11.3 Å². The van der Waals surface area contributed by atoms with Crippen LogP contribution in [0.1, 0.15) is 47.0 Å². The van der Waals surface area contributed by atoms with Gasteiger partial charge in [-0.2, -0.15) is 0 Å². The summed E-state index contributed by atoms with van der Waals surface area (Å²) < 4.78 is 0. The molecule has 0 aromatic rings. The van der Waals surface area contributed by atoms with Crippen molar-refractivity contribution in [2.45, 2.75) is 47.0 Å². The van der Waals surface area contributed by atoms with Crippen molar-refractivity contribution in [2.75, 3.05) is 0 Å². The van der Waals surface area contributed by atoms with Gasteiger partial charge in [0.15, 0.2) is 0 Å². The van der Waals surface area contributed by atoms with Crippen LogP contribution in [0.3, 0.4) is 0 Å². The normalized spacial score (nSPS) is 30.6. The Kier molecular flexibility index (Phi) is 4.52. The summed E-state index contributed by atoms with van der Waals surface area (Å²) in [6, 6.07) is 0. The van der Waals surface area contributed by atoms with Crippen LogP contribution in [0.4, 0.5) is 0 Å². The van der Waals surface area contributed by atoms with E-state index < -0.39 is 0 Å². The van der Waals surface area contributed by atoms with Crippen molar-refractivity contribution < 1.29 is 4.79 Å². The molecule has 0 bridgehead atoms. The highest BCUT2D eigenvalue weighted by molar-refractivity contribution is 5.66. The van der Waals surface area contributed by atoms with E-state index in [-0.39, 0.29) is 0 Å². The molecule has 0 heterocycles. The van der Waals surface area contributed by atoms with Crippen LogP contribution in [0.2, 0.25) is 0 Å². The second kappa shape index (κ2) is 5.47. The second-order valence-electron chi connectivity index (χ2n) is 5.79. The molecular weight excluding hydrogens is 196 g/mol. The van der Waals surface area contributed by atoms with Crippen LogP contribution in [-0.4, -0.2) is 6.29 Å². The predicted molar refractivity (Wildman–Crippen MR) is 69.2 cm³/mol. The lowest BCUT2D eigenvalue weighted by molar-refractivity contribution is -0.104. The van der Waals surface area contributed by atoms with Crippen LogP contribution < -0.4 is 0 Å². The summed E-state index contributed by atoms with van der Waals surface area (Å²) in [5, 5.41) is 0. The molecule has 0 aromatic heterocycles. The number of rotatable bonds is 3. The van der Waals surface area contributed by atoms with E-state index >= 15 is 0 Å². The van der Waals surface area contributed by atoms with Crippen molar-refractivity contribution in [1.29, 1.82) is 0 Å². The maximum absolute atomic E-state index is 10.3. The van der Waals surface area contributed by atoms with E-state index in [2.05, 4.69) is 32.9 Å². The Morgan fingerprint density at radius 3 is 2.62 bits per heavy atom. The Morgan fingerprint density at radius 1 is 1.38 bits per heavy atom. The maximum Gasteiger partial charge on any atom is 0.143 e. The lowest BCUT2D eigenvalue weighted by Crippen LogP contribution is -2.32. The van der Waals surface area contributed by atoms with Gasteiger partial charge in [-0.1, -0.05) is 45.8 Å². The molecule has 1 heteroatoms. The molecule has 1 fully saturated rings. The molecule has 2 atom stereocenters. The summed E-state index contributed by atoms with van der Waals surface area (Å²) in [4.78, 5) is 10.3. The highest BCUT2D eigenvalue weighted by atomic mass is 16.1. The second-order valence-corrected chi connectivity index (χ2v) is 5.79. The molecule has 90 valence electrons. The van der Waals surface area contributed by atoms with Gasteiger partial charge in [0.2, 0.25) is 0 Å². The first-order valence-electron chi connectivity index (χ1n) is 6.27. The predicted octanol–water partition coefficient (Wildman–Crippen LogP) is 4.15. The minimum atomic E-state index is 0.398. The quantitative estimate of drug-likeness (QED) is 0.397. The van der Waals surface area contributed by atoms with Crippen molar-refractivity contribution >= 4 is 6.29 Å². The van der Waals surface area contributed by atoms with Gasteiger partial charge in [-0.05, 0) is 42.2 Å². The molecule has 1 aliphatic carbocycles.